The Hall–Kier alpha value is -1.58. The Morgan fingerprint density at radius 2 is 1.90 bits per heavy atom. The lowest BCUT2D eigenvalue weighted by atomic mass is 9.81. The molecule has 1 fully saturated rings. The van der Waals surface area contributed by atoms with Crippen LogP contribution in [0.15, 0.2) is 18.2 Å². The van der Waals surface area contributed by atoms with Crippen LogP contribution < -0.4 is 5.32 Å². The molecule has 0 unspecified atom stereocenters. The molecule has 0 aliphatic heterocycles. The Morgan fingerprint density at radius 3 is 2.50 bits per heavy atom. The fourth-order valence-corrected chi connectivity index (χ4v) is 3.01. The first-order chi connectivity index (χ1) is 9.60. The first kappa shape index (κ1) is 14.8. The third kappa shape index (κ3) is 3.71. The van der Waals surface area contributed by atoms with Crippen molar-refractivity contribution in [3.8, 4) is 0 Å². The molecule has 0 atom stereocenters. The van der Waals surface area contributed by atoms with Crippen LogP contribution in [0.4, 0.5) is 11.4 Å². The minimum atomic E-state index is -0.336. The molecule has 0 spiro atoms. The van der Waals surface area contributed by atoms with Crippen molar-refractivity contribution >= 4 is 11.4 Å². The molecule has 0 amide bonds. The fraction of sp³-hybridized carbons (Fsp3) is 0.625. The van der Waals surface area contributed by atoms with E-state index in [1.807, 2.05) is 13.0 Å². The predicted octanol–water partition coefficient (Wildman–Crippen LogP) is 4.53. The summed E-state index contributed by atoms with van der Waals surface area (Å²) in [5, 5.41) is 14.2. The highest BCUT2D eigenvalue weighted by atomic mass is 16.6. The third-order valence-electron chi connectivity index (χ3n) is 4.56. The molecule has 4 heteroatoms. The summed E-state index contributed by atoms with van der Waals surface area (Å²) >= 11 is 0. The van der Waals surface area contributed by atoms with Crippen molar-refractivity contribution in [2.24, 2.45) is 11.8 Å². The first-order valence-electron chi connectivity index (χ1n) is 7.59. The van der Waals surface area contributed by atoms with E-state index in [1.54, 1.807) is 12.1 Å². The van der Waals surface area contributed by atoms with Gasteiger partial charge in [0.2, 0.25) is 0 Å². The van der Waals surface area contributed by atoms with Crippen molar-refractivity contribution in [2.45, 2.75) is 46.0 Å². The summed E-state index contributed by atoms with van der Waals surface area (Å²) in [4.78, 5) is 10.5. The Kier molecular flexibility index (Phi) is 4.99. The number of rotatable bonds is 5. The summed E-state index contributed by atoms with van der Waals surface area (Å²) in [5.41, 5.74) is 2.13. The van der Waals surface area contributed by atoms with Gasteiger partial charge in [0.05, 0.1) is 4.92 Å². The summed E-state index contributed by atoms with van der Waals surface area (Å²) in [6, 6.07) is 5.02. The molecule has 0 heterocycles. The molecule has 1 aromatic carbocycles. The standard InChI is InChI=1S/C16H24N2O2/c1-3-13-5-7-14(8-6-13)11-17-16-10-15(18(19)20)9-4-12(16)2/h4,9-10,13-14,17H,3,5-8,11H2,1-2H3. The summed E-state index contributed by atoms with van der Waals surface area (Å²) in [6.07, 6.45) is 6.51. The Balaban J connectivity index is 1.91. The minimum absolute atomic E-state index is 0.160. The Bertz CT molecular complexity index is 466. The van der Waals surface area contributed by atoms with Crippen molar-refractivity contribution in [3.63, 3.8) is 0 Å². The maximum absolute atomic E-state index is 10.8. The number of anilines is 1. The second-order valence-corrected chi connectivity index (χ2v) is 5.93. The van der Waals surface area contributed by atoms with E-state index in [-0.39, 0.29) is 10.6 Å². The van der Waals surface area contributed by atoms with Gasteiger partial charge in [-0.2, -0.15) is 0 Å². The molecule has 1 N–H and O–H groups in total. The second-order valence-electron chi connectivity index (χ2n) is 5.93. The molecule has 110 valence electrons. The van der Waals surface area contributed by atoms with Gasteiger partial charge in [-0.3, -0.25) is 10.1 Å². The van der Waals surface area contributed by atoms with E-state index >= 15 is 0 Å². The van der Waals surface area contributed by atoms with Crippen LogP contribution >= 0.6 is 0 Å². The van der Waals surface area contributed by atoms with Crippen LogP contribution in [-0.2, 0) is 0 Å². The van der Waals surface area contributed by atoms with Gasteiger partial charge in [-0.05, 0) is 37.2 Å². The highest BCUT2D eigenvalue weighted by molar-refractivity contribution is 5.56. The van der Waals surface area contributed by atoms with E-state index in [0.29, 0.717) is 5.92 Å². The number of hydrogen-bond acceptors (Lipinski definition) is 3. The fourth-order valence-electron chi connectivity index (χ4n) is 3.01. The average Bonchev–Trinajstić information content (AvgIpc) is 2.46. The number of benzene rings is 1. The smallest absolute Gasteiger partial charge is 0.271 e. The molecule has 1 saturated carbocycles. The van der Waals surface area contributed by atoms with Crippen molar-refractivity contribution in [3.05, 3.63) is 33.9 Å². The van der Waals surface area contributed by atoms with Crippen LogP contribution in [0.3, 0.4) is 0 Å². The van der Waals surface area contributed by atoms with Crippen LogP contribution in [0.2, 0.25) is 0 Å². The van der Waals surface area contributed by atoms with Crippen LogP contribution in [-0.4, -0.2) is 11.5 Å². The topological polar surface area (TPSA) is 55.2 Å². The molecule has 1 aliphatic carbocycles. The lowest BCUT2D eigenvalue weighted by Crippen LogP contribution is -2.21. The normalized spacial score (nSPS) is 22.5. The van der Waals surface area contributed by atoms with Gasteiger partial charge < -0.3 is 5.32 Å². The van der Waals surface area contributed by atoms with Gasteiger partial charge >= 0.3 is 0 Å². The molecular formula is C16H24N2O2. The lowest BCUT2D eigenvalue weighted by molar-refractivity contribution is -0.384. The molecule has 1 aromatic rings. The predicted molar refractivity (Wildman–Crippen MR) is 82.1 cm³/mol. The van der Waals surface area contributed by atoms with Crippen molar-refractivity contribution in [2.75, 3.05) is 11.9 Å². The van der Waals surface area contributed by atoms with Gasteiger partial charge in [0.15, 0.2) is 0 Å². The molecule has 20 heavy (non-hydrogen) atoms. The molecular weight excluding hydrogens is 252 g/mol. The average molecular weight is 276 g/mol. The van der Waals surface area contributed by atoms with Crippen molar-refractivity contribution < 1.29 is 4.92 Å². The van der Waals surface area contributed by atoms with Gasteiger partial charge in [0.25, 0.3) is 5.69 Å². The Morgan fingerprint density at radius 1 is 1.25 bits per heavy atom. The maximum Gasteiger partial charge on any atom is 0.271 e. The molecule has 0 saturated heterocycles. The lowest BCUT2D eigenvalue weighted by Gasteiger charge is -2.28. The zero-order valence-electron chi connectivity index (χ0n) is 12.4. The largest absolute Gasteiger partial charge is 0.384 e. The molecule has 0 radical (unpaired) electrons. The van der Waals surface area contributed by atoms with Gasteiger partial charge in [-0.15, -0.1) is 0 Å². The number of non-ortho nitro benzene ring substituents is 1. The van der Waals surface area contributed by atoms with E-state index in [1.165, 1.54) is 32.1 Å². The highest BCUT2D eigenvalue weighted by Gasteiger charge is 2.20. The van der Waals surface area contributed by atoms with E-state index in [4.69, 9.17) is 0 Å². The maximum atomic E-state index is 10.8. The van der Waals surface area contributed by atoms with Crippen molar-refractivity contribution in [1.29, 1.82) is 0 Å². The number of nitro benzene ring substituents is 1. The minimum Gasteiger partial charge on any atom is -0.384 e. The van der Waals surface area contributed by atoms with Crippen LogP contribution in [0, 0.1) is 28.9 Å². The van der Waals surface area contributed by atoms with Gasteiger partial charge in [-0.25, -0.2) is 0 Å². The monoisotopic (exact) mass is 276 g/mol. The molecule has 2 rings (SSSR count). The summed E-state index contributed by atoms with van der Waals surface area (Å²) < 4.78 is 0. The van der Waals surface area contributed by atoms with E-state index < -0.39 is 0 Å². The zero-order valence-corrected chi connectivity index (χ0v) is 12.4. The number of nitrogens with zero attached hydrogens (tertiary/aromatic N) is 1. The van der Waals surface area contributed by atoms with Gasteiger partial charge in [0, 0.05) is 24.4 Å². The summed E-state index contributed by atoms with van der Waals surface area (Å²) in [6.45, 7) is 5.19. The molecule has 0 aromatic heterocycles. The quantitative estimate of drug-likeness (QED) is 0.635. The molecule has 4 nitrogen and oxygen atoms in total. The number of hydrogen-bond donors (Lipinski definition) is 1. The zero-order chi connectivity index (χ0) is 14.5. The third-order valence-corrected chi connectivity index (χ3v) is 4.56. The number of nitro groups is 1. The van der Waals surface area contributed by atoms with Gasteiger partial charge in [-0.1, -0.05) is 32.3 Å². The summed E-state index contributed by atoms with van der Waals surface area (Å²) in [5.74, 6) is 1.61. The second kappa shape index (κ2) is 6.73. The van der Waals surface area contributed by atoms with Crippen LogP contribution in [0.25, 0.3) is 0 Å². The first-order valence-corrected chi connectivity index (χ1v) is 7.59. The van der Waals surface area contributed by atoms with Crippen LogP contribution in [0.5, 0.6) is 0 Å². The van der Waals surface area contributed by atoms with Crippen LogP contribution in [0.1, 0.15) is 44.6 Å². The van der Waals surface area contributed by atoms with E-state index in [0.717, 1.165) is 23.7 Å². The summed E-state index contributed by atoms with van der Waals surface area (Å²) in [7, 11) is 0. The van der Waals surface area contributed by atoms with Gasteiger partial charge in [0.1, 0.15) is 0 Å². The molecule has 1 aliphatic rings. The van der Waals surface area contributed by atoms with E-state index in [9.17, 15) is 10.1 Å². The van der Waals surface area contributed by atoms with E-state index in [2.05, 4.69) is 12.2 Å². The number of aryl methyl sites for hydroxylation is 1. The van der Waals surface area contributed by atoms with Crippen molar-refractivity contribution in [1.82, 2.24) is 0 Å². The molecule has 0 bridgehead atoms. The highest BCUT2D eigenvalue weighted by Crippen LogP contribution is 2.31. The number of nitrogens with one attached hydrogen (secondary N) is 1. The SMILES string of the molecule is CCC1CCC(CNc2cc([N+](=O)[O-])ccc2C)CC1. The Labute approximate surface area is 120 Å².